The predicted octanol–water partition coefficient (Wildman–Crippen LogP) is 3.76. The first kappa shape index (κ1) is 25.7. The van der Waals surface area contributed by atoms with Crippen LogP contribution in [0.4, 0.5) is 0 Å². The molecule has 26 heavy (non-hydrogen) atoms. The van der Waals surface area contributed by atoms with E-state index >= 15 is 0 Å². The van der Waals surface area contributed by atoms with Crippen LogP contribution in [0.5, 0.6) is 0 Å². The Labute approximate surface area is 163 Å². The largest absolute Gasteiger partial charge is 0.519 e. The van der Waals surface area contributed by atoms with Crippen molar-refractivity contribution in [3.63, 3.8) is 0 Å². The maximum atomic E-state index is 12.6. The second-order valence-electron chi connectivity index (χ2n) is 6.86. The zero-order valence-corrected chi connectivity index (χ0v) is 20.2. The Morgan fingerprint density at radius 3 is 1.85 bits per heavy atom. The molecule has 0 aromatic heterocycles. The molecule has 0 amide bonds. The maximum absolute atomic E-state index is 12.6. The van der Waals surface area contributed by atoms with Crippen molar-refractivity contribution in [2.24, 2.45) is 5.92 Å². The highest BCUT2D eigenvalue weighted by Gasteiger charge is 2.37. The lowest BCUT2D eigenvalue weighted by molar-refractivity contribution is -0.140. The van der Waals surface area contributed by atoms with E-state index < -0.39 is 17.1 Å². The summed E-state index contributed by atoms with van der Waals surface area (Å²) in [6, 6.07) is 3.75. The lowest BCUT2D eigenvalue weighted by Gasteiger charge is -2.31. The van der Waals surface area contributed by atoms with Gasteiger partial charge in [-0.3, -0.25) is 4.79 Å². The molecule has 1 atom stereocenters. The second-order valence-corrected chi connectivity index (χ2v) is 14.6. The summed E-state index contributed by atoms with van der Waals surface area (Å²) < 4.78 is 22.4. The zero-order chi connectivity index (χ0) is 20.2. The summed E-state index contributed by atoms with van der Waals surface area (Å²) in [6.45, 7) is 13.0. The number of nitrogens with zero attached hydrogens (tertiary/aromatic N) is 1. The summed E-state index contributed by atoms with van der Waals surface area (Å²) in [7, 11) is 0.518. The molecule has 0 bridgehead atoms. The number of carbonyl (C=O) groups excluding carboxylic acids is 1. The first-order valence-corrected chi connectivity index (χ1v) is 14.4. The van der Waals surface area contributed by atoms with E-state index in [0.29, 0.717) is 0 Å². The van der Waals surface area contributed by atoms with Crippen LogP contribution in [0.15, 0.2) is 0 Å². The van der Waals surface area contributed by atoms with E-state index in [1.54, 1.807) is 21.3 Å². The molecule has 0 fully saturated rings. The molecule has 156 valence electrons. The Kier molecular flexibility index (Phi) is 12.9. The van der Waals surface area contributed by atoms with E-state index in [-0.39, 0.29) is 11.9 Å². The van der Waals surface area contributed by atoms with Crippen molar-refractivity contribution >= 4 is 23.1 Å². The van der Waals surface area contributed by atoms with Crippen LogP contribution in [0.2, 0.25) is 24.2 Å². The first-order valence-electron chi connectivity index (χ1n) is 9.92. The molecule has 0 aliphatic carbocycles. The van der Waals surface area contributed by atoms with Gasteiger partial charge in [-0.2, -0.15) is 0 Å². The fourth-order valence-corrected chi connectivity index (χ4v) is 7.46. The van der Waals surface area contributed by atoms with Gasteiger partial charge in [0.15, 0.2) is 0 Å². The standard InChI is InChI=1S/C18H41NO5Si2/c1-9-19(14-13-15-26(21-6,22-7)23-8)16-17(5)18(20)24-25(10-2,11-3)12-4/h17H,9-16H2,1-8H3. The smallest absolute Gasteiger partial charge is 0.500 e. The molecule has 0 N–H and O–H groups in total. The van der Waals surface area contributed by atoms with Crippen LogP contribution in [0.1, 0.15) is 41.0 Å². The highest BCUT2D eigenvalue weighted by atomic mass is 28.4. The van der Waals surface area contributed by atoms with Gasteiger partial charge in [0.1, 0.15) is 0 Å². The topological polar surface area (TPSA) is 57.2 Å². The van der Waals surface area contributed by atoms with Crippen molar-refractivity contribution in [2.45, 2.75) is 65.2 Å². The van der Waals surface area contributed by atoms with Gasteiger partial charge >= 0.3 is 8.80 Å². The molecule has 0 aromatic carbocycles. The van der Waals surface area contributed by atoms with Crippen LogP contribution < -0.4 is 0 Å². The van der Waals surface area contributed by atoms with E-state index in [4.69, 9.17) is 17.7 Å². The molecule has 1 unspecified atom stereocenters. The van der Waals surface area contributed by atoms with Gasteiger partial charge in [-0.05, 0) is 37.6 Å². The third-order valence-corrected chi connectivity index (χ3v) is 12.9. The number of rotatable bonds is 15. The van der Waals surface area contributed by atoms with Crippen LogP contribution in [0.25, 0.3) is 0 Å². The lowest BCUT2D eigenvalue weighted by Crippen LogP contribution is -2.44. The van der Waals surface area contributed by atoms with Gasteiger partial charge in [0.25, 0.3) is 14.3 Å². The van der Waals surface area contributed by atoms with Gasteiger partial charge in [-0.25, -0.2) is 0 Å². The minimum atomic E-state index is -2.52. The zero-order valence-electron chi connectivity index (χ0n) is 18.2. The van der Waals surface area contributed by atoms with E-state index in [9.17, 15) is 4.79 Å². The van der Waals surface area contributed by atoms with Crippen LogP contribution in [-0.2, 0) is 22.5 Å². The van der Waals surface area contributed by atoms with Crippen LogP contribution >= 0.6 is 0 Å². The highest BCUT2D eigenvalue weighted by molar-refractivity contribution is 6.74. The minimum Gasteiger partial charge on any atom is -0.519 e. The van der Waals surface area contributed by atoms with E-state index in [0.717, 1.165) is 50.2 Å². The molecule has 0 aliphatic rings. The highest BCUT2D eigenvalue weighted by Crippen LogP contribution is 2.23. The van der Waals surface area contributed by atoms with Gasteiger partial charge in [0.05, 0.1) is 5.92 Å². The van der Waals surface area contributed by atoms with Gasteiger partial charge in [-0.15, -0.1) is 0 Å². The summed E-state index contributed by atoms with van der Waals surface area (Å²) in [5.74, 6) is -0.143. The van der Waals surface area contributed by atoms with E-state index in [1.165, 1.54) is 0 Å². The SMILES string of the molecule is CCN(CCC[Si](OC)(OC)OC)CC(C)C(=O)O[Si](CC)(CC)CC. The molecule has 0 spiro atoms. The third-order valence-electron chi connectivity index (χ3n) is 5.52. The molecule has 0 saturated carbocycles. The summed E-state index contributed by atoms with van der Waals surface area (Å²) in [6.07, 6.45) is 0.912. The van der Waals surface area contributed by atoms with Crippen LogP contribution in [0, 0.1) is 5.92 Å². The molecule has 0 radical (unpaired) electrons. The van der Waals surface area contributed by atoms with Crippen molar-refractivity contribution in [1.82, 2.24) is 4.90 Å². The summed E-state index contributed by atoms with van der Waals surface area (Å²) in [4.78, 5) is 14.9. The van der Waals surface area contributed by atoms with Gasteiger partial charge < -0.3 is 22.6 Å². The predicted molar refractivity (Wildman–Crippen MR) is 111 cm³/mol. The first-order chi connectivity index (χ1) is 12.3. The summed E-state index contributed by atoms with van der Waals surface area (Å²) in [5.41, 5.74) is 0. The molecular formula is C18H41NO5Si2. The Balaban J connectivity index is 4.59. The Hall–Kier alpha value is -0.256. The van der Waals surface area contributed by atoms with Crippen LogP contribution in [0.3, 0.4) is 0 Å². The van der Waals surface area contributed by atoms with Gasteiger partial charge in [-0.1, -0.05) is 34.6 Å². The van der Waals surface area contributed by atoms with Gasteiger partial charge in [0, 0.05) is 33.9 Å². The maximum Gasteiger partial charge on any atom is 0.500 e. The monoisotopic (exact) mass is 407 g/mol. The molecule has 0 heterocycles. The Morgan fingerprint density at radius 1 is 0.962 bits per heavy atom. The molecule has 0 aromatic rings. The van der Waals surface area contributed by atoms with Crippen LogP contribution in [-0.4, -0.2) is 69.0 Å². The van der Waals surface area contributed by atoms with Crippen molar-refractivity contribution in [3.8, 4) is 0 Å². The molecule has 0 rings (SSSR count). The van der Waals surface area contributed by atoms with E-state index in [2.05, 4.69) is 32.6 Å². The molecular weight excluding hydrogens is 366 g/mol. The Bertz CT molecular complexity index is 373. The molecule has 8 heteroatoms. The fourth-order valence-electron chi connectivity index (χ4n) is 3.20. The average molecular weight is 408 g/mol. The van der Waals surface area contributed by atoms with Gasteiger partial charge in [0.2, 0.25) is 0 Å². The normalized spacial score (nSPS) is 13.9. The van der Waals surface area contributed by atoms with Crippen molar-refractivity contribution in [1.29, 1.82) is 0 Å². The number of carbonyl (C=O) groups is 1. The third kappa shape index (κ3) is 7.78. The Morgan fingerprint density at radius 2 is 1.46 bits per heavy atom. The summed E-state index contributed by atoms with van der Waals surface area (Å²) in [5, 5.41) is 0. The van der Waals surface area contributed by atoms with E-state index in [1.807, 2.05) is 6.92 Å². The lowest BCUT2D eigenvalue weighted by atomic mass is 10.1. The van der Waals surface area contributed by atoms with Crippen molar-refractivity contribution in [2.75, 3.05) is 41.0 Å². The molecule has 0 saturated heterocycles. The quantitative estimate of drug-likeness (QED) is 0.385. The fraction of sp³-hybridized carbons (Fsp3) is 0.944. The summed E-state index contributed by atoms with van der Waals surface area (Å²) >= 11 is 0. The van der Waals surface area contributed by atoms with Crippen molar-refractivity contribution in [3.05, 3.63) is 0 Å². The molecule has 0 aliphatic heterocycles. The second kappa shape index (κ2) is 13.0. The average Bonchev–Trinajstić information content (AvgIpc) is 2.68. The molecule has 6 nitrogen and oxygen atoms in total. The number of hydrogen-bond acceptors (Lipinski definition) is 6. The van der Waals surface area contributed by atoms with Crippen molar-refractivity contribution < 1.29 is 22.5 Å². The number of hydrogen-bond donors (Lipinski definition) is 0. The minimum absolute atomic E-state index is 0.0323.